The minimum Gasteiger partial charge on any atom is -0.352 e. The van der Waals surface area contributed by atoms with Crippen LogP contribution in [0.4, 0.5) is 0 Å². The third-order valence-corrected chi connectivity index (χ3v) is 6.19. The van der Waals surface area contributed by atoms with Crippen LogP contribution in [-0.2, 0) is 28.7 Å². The average Bonchev–Trinajstić information content (AvgIpc) is 2.72. The van der Waals surface area contributed by atoms with Gasteiger partial charge < -0.3 is 10.6 Å². The zero-order chi connectivity index (χ0) is 22.1. The van der Waals surface area contributed by atoms with Crippen LogP contribution in [0.1, 0.15) is 49.1 Å². The van der Waals surface area contributed by atoms with E-state index in [0.29, 0.717) is 12.5 Å². The zero-order valence-corrected chi connectivity index (χ0v) is 19.4. The topological polar surface area (TPSA) is 82.6 Å². The van der Waals surface area contributed by atoms with Crippen LogP contribution in [0.2, 0.25) is 0 Å². The maximum absolute atomic E-state index is 11.6. The highest BCUT2D eigenvalue weighted by molar-refractivity contribution is 7.88. The highest BCUT2D eigenvalue weighted by Gasteiger charge is 2.10. The Morgan fingerprint density at radius 2 is 1.50 bits per heavy atom. The molecule has 2 rings (SSSR count). The third kappa shape index (κ3) is 7.80. The van der Waals surface area contributed by atoms with Crippen LogP contribution in [0.5, 0.6) is 0 Å². The monoisotopic (exact) mass is 430 g/mol. The molecule has 0 spiro atoms. The average molecular weight is 431 g/mol. The first kappa shape index (κ1) is 23.9. The molecule has 7 heteroatoms. The maximum Gasteiger partial charge on any atom is 0.215 e. The van der Waals surface area contributed by atoms with E-state index in [1.807, 2.05) is 24.3 Å². The Balaban J connectivity index is 1.90. The molecule has 2 aromatic rings. The summed E-state index contributed by atoms with van der Waals surface area (Å²) in [6.07, 6.45) is 1.09. The van der Waals surface area contributed by atoms with Crippen molar-refractivity contribution in [1.29, 1.82) is 0 Å². The van der Waals surface area contributed by atoms with E-state index in [0.717, 1.165) is 23.5 Å². The van der Waals surface area contributed by atoms with Gasteiger partial charge in [0.25, 0.3) is 0 Å². The van der Waals surface area contributed by atoms with Crippen LogP contribution in [-0.4, -0.2) is 28.5 Å². The minimum atomic E-state index is -3.26. The molecular weight excluding hydrogens is 396 g/mol. The number of hydrogen-bond acceptors (Lipinski definition) is 3. The summed E-state index contributed by atoms with van der Waals surface area (Å²) in [5.74, 6) is 1.35. The fraction of sp³-hybridized carbons (Fsp3) is 0.435. The molecule has 0 radical (unpaired) electrons. The van der Waals surface area contributed by atoms with Crippen molar-refractivity contribution in [3.63, 3.8) is 0 Å². The number of aliphatic imine (C=N–C) groups is 1. The number of nitrogens with one attached hydrogen (secondary N) is 3. The number of guanidine groups is 1. The van der Waals surface area contributed by atoms with E-state index in [2.05, 4.69) is 65.4 Å². The summed E-state index contributed by atoms with van der Waals surface area (Å²) in [6, 6.07) is 16.4. The van der Waals surface area contributed by atoms with Gasteiger partial charge in [0, 0.05) is 13.6 Å². The van der Waals surface area contributed by atoms with Crippen LogP contribution < -0.4 is 15.4 Å². The summed E-state index contributed by atoms with van der Waals surface area (Å²) in [7, 11) is -0.0852. The van der Waals surface area contributed by atoms with Gasteiger partial charge in [-0.15, -0.1) is 0 Å². The molecular formula is C23H34N4O2S. The lowest BCUT2D eigenvalue weighted by molar-refractivity contribution is 0.587. The van der Waals surface area contributed by atoms with E-state index in [1.165, 1.54) is 18.2 Å². The fourth-order valence-corrected chi connectivity index (χ4v) is 3.90. The number of sulfonamides is 1. The van der Waals surface area contributed by atoms with Gasteiger partial charge >= 0.3 is 0 Å². The highest BCUT2D eigenvalue weighted by atomic mass is 32.2. The molecule has 6 nitrogen and oxygen atoms in total. The SMILES string of the molecule is CN=C(NCc1ccc(CS(=O)(=O)NC)cc1)NC(C)c1ccc(CC(C)C)cc1. The molecule has 30 heavy (non-hydrogen) atoms. The second-order valence-electron chi connectivity index (χ2n) is 7.91. The van der Waals surface area contributed by atoms with Crippen LogP contribution in [0.15, 0.2) is 53.5 Å². The molecule has 0 aliphatic heterocycles. The van der Waals surface area contributed by atoms with Gasteiger partial charge in [0.2, 0.25) is 10.0 Å². The molecule has 0 saturated carbocycles. The van der Waals surface area contributed by atoms with Gasteiger partial charge in [0.1, 0.15) is 0 Å². The second-order valence-corrected chi connectivity index (χ2v) is 9.84. The molecule has 0 aliphatic carbocycles. The number of hydrogen-bond donors (Lipinski definition) is 3. The number of rotatable bonds is 9. The van der Waals surface area contributed by atoms with Crippen molar-refractivity contribution >= 4 is 16.0 Å². The molecule has 164 valence electrons. The van der Waals surface area contributed by atoms with E-state index in [4.69, 9.17) is 0 Å². The lowest BCUT2D eigenvalue weighted by atomic mass is 10.00. The van der Waals surface area contributed by atoms with Gasteiger partial charge in [-0.1, -0.05) is 62.4 Å². The smallest absolute Gasteiger partial charge is 0.215 e. The molecule has 0 aliphatic rings. The summed E-state index contributed by atoms with van der Waals surface area (Å²) >= 11 is 0. The Morgan fingerprint density at radius 1 is 0.933 bits per heavy atom. The van der Waals surface area contributed by atoms with E-state index < -0.39 is 10.0 Å². The summed E-state index contributed by atoms with van der Waals surface area (Å²) in [4.78, 5) is 4.31. The highest BCUT2D eigenvalue weighted by Crippen LogP contribution is 2.15. The van der Waals surface area contributed by atoms with Crippen LogP contribution in [0.3, 0.4) is 0 Å². The van der Waals surface area contributed by atoms with Gasteiger partial charge in [0.15, 0.2) is 5.96 Å². The molecule has 3 N–H and O–H groups in total. The van der Waals surface area contributed by atoms with Gasteiger partial charge in [-0.2, -0.15) is 0 Å². The van der Waals surface area contributed by atoms with Crippen molar-refractivity contribution in [2.24, 2.45) is 10.9 Å². The van der Waals surface area contributed by atoms with Crippen LogP contribution in [0, 0.1) is 5.92 Å². The Morgan fingerprint density at radius 3 is 2.03 bits per heavy atom. The Hall–Kier alpha value is -2.38. The fourth-order valence-electron chi connectivity index (χ4n) is 3.13. The largest absolute Gasteiger partial charge is 0.352 e. The number of nitrogens with zero attached hydrogens (tertiary/aromatic N) is 1. The second kappa shape index (κ2) is 11.1. The van der Waals surface area contributed by atoms with Gasteiger partial charge in [0.05, 0.1) is 11.8 Å². The summed E-state index contributed by atoms with van der Waals surface area (Å²) in [5, 5.41) is 6.73. The Kier molecular flexibility index (Phi) is 8.87. The van der Waals surface area contributed by atoms with Crippen molar-refractivity contribution in [2.45, 2.75) is 45.5 Å². The molecule has 0 fully saturated rings. The lowest BCUT2D eigenvalue weighted by Gasteiger charge is -2.19. The van der Waals surface area contributed by atoms with Crippen LogP contribution >= 0.6 is 0 Å². The normalized spacial score (nSPS) is 13.3. The van der Waals surface area contributed by atoms with Crippen molar-refractivity contribution in [3.8, 4) is 0 Å². The molecule has 0 saturated heterocycles. The maximum atomic E-state index is 11.6. The molecule has 0 aromatic heterocycles. The van der Waals surface area contributed by atoms with E-state index in [9.17, 15) is 8.42 Å². The minimum absolute atomic E-state index is 0.0199. The van der Waals surface area contributed by atoms with E-state index in [-0.39, 0.29) is 11.8 Å². The predicted molar refractivity (Wildman–Crippen MR) is 125 cm³/mol. The lowest BCUT2D eigenvalue weighted by Crippen LogP contribution is -2.38. The van der Waals surface area contributed by atoms with Crippen molar-refractivity contribution < 1.29 is 8.42 Å². The van der Waals surface area contributed by atoms with Crippen LogP contribution in [0.25, 0.3) is 0 Å². The third-order valence-electron chi connectivity index (χ3n) is 4.85. The molecule has 0 bridgehead atoms. The van der Waals surface area contributed by atoms with Crippen molar-refractivity contribution in [3.05, 3.63) is 70.8 Å². The first-order valence-corrected chi connectivity index (χ1v) is 11.9. The summed E-state index contributed by atoms with van der Waals surface area (Å²) in [6.45, 7) is 7.16. The van der Waals surface area contributed by atoms with Crippen molar-refractivity contribution in [1.82, 2.24) is 15.4 Å². The first-order chi connectivity index (χ1) is 14.2. The van der Waals surface area contributed by atoms with Gasteiger partial charge in [-0.05, 0) is 48.6 Å². The van der Waals surface area contributed by atoms with Crippen molar-refractivity contribution in [2.75, 3.05) is 14.1 Å². The Labute approximate surface area is 181 Å². The summed E-state index contributed by atoms with van der Waals surface area (Å²) < 4.78 is 25.6. The Bertz CT molecular complexity index is 921. The zero-order valence-electron chi connectivity index (χ0n) is 18.6. The standard InChI is InChI=1S/C23H34N4O2S/c1-17(2)14-19-10-12-22(13-11-19)18(3)27-23(24-4)26-15-20-6-8-21(9-7-20)16-30(28,29)25-5/h6-13,17-18,25H,14-16H2,1-5H3,(H2,24,26,27). The predicted octanol–water partition coefficient (Wildman–Crippen LogP) is 3.36. The quantitative estimate of drug-likeness (QED) is 0.421. The van der Waals surface area contributed by atoms with E-state index >= 15 is 0 Å². The summed E-state index contributed by atoms with van der Waals surface area (Å²) in [5.41, 5.74) is 4.37. The van der Waals surface area contributed by atoms with Gasteiger partial charge in [-0.25, -0.2) is 13.1 Å². The molecule has 1 atom stereocenters. The van der Waals surface area contributed by atoms with E-state index in [1.54, 1.807) is 7.05 Å². The molecule has 0 heterocycles. The van der Waals surface area contributed by atoms with Gasteiger partial charge in [-0.3, -0.25) is 4.99 Å². The first-order valence-electron chi connectivity index (χ1n) is 10.3. The molecule has 0 amide bonds. The number of benzene rings is 2. The molecule has 1 unspecified atom stereocenters. The molecule has 2 aromatic carbocycles.